The molecule has 1 aromatic heterocycles. The number of hydrogen-bond acceptors (Lipinski definition) is 4. The first kappa shape index (κ1) is 18.7. The van der Waals surface area contributed by atoms with Crippen LogP contribution in [-0.4, -0.2) is 17.5 Å². The Labute approximate surface area is 163 Å². The third kappa shape index (κ3) is 5.46. The average Bonchev–Trinajstić information content (AvgIpc) is 2.70. The van der Waals surface area contributed by atoms with E-state index in [0.29, 0.717) is 29.6 Å². The Morgan fingerprint density at radius 2 is 1.78 bits per heavy atom. The van der Waals surface area contributed by atoms with Crippen molar-refractivity contribution in [3.63, 3.8) is 0 Å². The summed E-state index contributed by atoms with van der Waals surface area (Å²) in [5.41, 5.74) is 2.38. The lowest BCUT2D eigenvalue weighted by Gasteiger charge is -2.09. The number of nitrogens with one attached hydrogen (secondary N) is 2. The van der Waals surface area contributed by atoms with Gasteiger partial charge in [-0.25, -0.2) is 4.98 Å². The van der Waals surface area contributed by atoms with E-state index in [-0.39, 0.29) is 5.91 Å². The van der Waals surface area contributed by atoms with Crippen LogP contribution >= 0.6 is 11.6 Å². The van der Waals surface area contributed by atoms with Crippen LogP contribution in [0.3, 0.4) is 0 Å². The van der Waals surface area contributed by atoms with E-state index in [2.05, 4.69) is 15.6 Å². The zero-order valence-electron chi connectivity index (χ0n) is 14.9. The van der Waals surface area contributed by atoms with Crippen LogP contribution in [0, 0.1) is 0 Å². The van der Waals surface area contributed by atoms with E-state index in [9.17, 15) is 4.79 Å². The monoisotopic (exact) mass is 381 g/mol. The Kier molecular flexibility index (Phi) is 6.28. The molecule has 3 aromatic rings. The molecule has 0 aliphatic rings. The number of benzene rings is 2. The number of carbonyl (C=O) groups is 1. The first-order valence-electron chi connectivity index (χ1n) is 8.62. The maximum absolute atomic E-state index is 12.2. The Hall–Kier alpha value is -3.05. The summed E-state index contributed by atoms with van der Waals surface area (Å²) < 4.78 is 5.42. The molecule has 0 radical (unpaired) electrons. The van der Waals surface area contributed by atoms with Crippen LogP contribution in [0.25, 0.3) is 0 Å². The van der Waals surface area contributed by atoms with Crippen LogP contribution in [0.2, 0.25) is 5.02 Å². The molecule has 6 heteroatoms. The molecule has 0 saturated heterocycles. The lowest BCUT2D eigenvalue weighted by molar-refractivity contribution is 0.0950. The van der Waals surface area contributed by atoms with Gasteiger partial charge in [0.25, 0.3) is 5.91 Å². The molecule has 0 aliphatic carbocycles. The highest BCUT2D eigenvalue weighted by molar-refractivity contribution is 6.30. The molecule has 0 atom stereocenters. The van der Waals surface area contributed by atoms with Crippen LogP contribution in [0.5, 0.6) is 5.75 Å². The molecule has 27 heavy (non-hydrogen) atoms. The minimum absolute atomic E-state index is 0.176. The van der Waals surface area contributed by atoms with Gasteiger partial charge in [0.2, 0.25) is 0 Å². The predicted molar refractivity (Wildman–Crippen MR) is 108 cm³/mol. The van der Waals surface area contributed by atoms with E-state index in [1.807, 2.05) is 43.3 Å². The first-order chi connectivity index (χ1) is 13.1. The minimum Gasteiger partial charge on any atom is -0.494 e. The SMILES string of the molecule is CCOc1ccc(Nc2ccc(C(=O)NCc3ccc(Cl)cc3)cn2)cc1. The van der Waals surface area contributed by atoms with E-state index in [0.717, 1.165) is 17.0 Å². The minimum atomic E-state index is -0.176. The molecule has 3 rings (SSSR count). The molecule has 0 saturated carbocycles. The highest BCUT2D eigenvalue weighted by Gasteiger charge is 2.06. The number of aromatic nitrogens is 1. The number of pyridine rings is 1. The van der Waals surface area contributed by atoms with Crippen LogP contribution in [-0.2, 0) is 6.54 Å². The van der Waals surface area contributed by atoms with Crippen LogP contribution in [0.15, 0.2) is 66.9 Å². The zero-order valence-corrected chi connectivity index (χ0v) is 15.7. The maximum Gasteiger partial charge on any atom is 0.253 e. The second kappa shape index (κ2) is 9.05. The Bertz CT molecular complexity index is 879. The van der Waals surface area contributed by atoms with Gasteiger partial charge in [0.1, 0.15) is 11.6 Å². The molecular weight excluding hydrogens is 362 g/mol. The normalized spacial score (nSPS) is 10.3. The summed E-state index contributed by atoms with van der Waals surface area (Å²) in [6.45, 7) is 3.02. The van der Waals surface area contributed by atoms with E-state index in [1.54, 1.807) is 30.5 Å². The highest BCUT2D eigenvalue weighted by Crippen LogP contribution is 2.19. The zero-order chi connectivity index (χ0) is 19.1. The van der Waals surface area contributed by atoms with Crippen molar-refractivity contribution >= 4 is 29.0 Å². The summed E-state index contributed by atoms with van der Waals surface area (Å²) in [7, 11) is 0. The number of nitrogens with zero attached hydrogens (tertiary/aromatic N) is 1. The molecule has 0 bridgehead atoms. The summed E-state index contributed by atoms with van der Waals surface area (Å²) in [5, 5.41) is 6.73. The van der Waals surface area contributed by atoms with Gasteiger partial charge in [0.05, 0.1) is 12.2 Å². The molecule has 0 spiro atoms. The number of anilines is 2. The third-order valence-electron chi connectivity index (χ3n) is 3.83. The van der Waals surface area contributed by atoms with E-state index >= 15 is 0 Å². The van der Waals surface area contributed by atoms with Gasteiger partial charge in [-0.2, -0.15) is 0 Å². The predicted octanol–water partition coefficient (Wildman–Crippen LogP) is 4.81. The largest absolute Gasteiger partial charge is 0.494 e. The van der Waals surface area contributed by atoms with E-state index < -0.39 is 0 Å². The Balaban J connectivity index is 1.55. The number of amides is 1. The number of hydrogen-bond donors (Lipinski definition) is 2. The van der Waals surface area contributed by atoms with Crippen LogP contribution < -0.4 is 15.4 Å². The maximum atomic E-state index is 12.2. The second-order valence-corrected chi connectivity index (χ2v) is 6.26. The van der Waals surface area contributed by atoms with Gasteiger partial charge in [-0.3, -0.25) is 4.79 Å². The van der Waals surface area contributed by atoms with E-state index in [4.69, 9.17) is 16.3 Å². The molecule has 1 heterocycles. The summed E-state index contributed by atoms with van der Waals surface area (Å²) in [6.07, 6.45) is 1.55. The van der Waals surface area contributed by atoms with Crippen molar-refractivity contribution in [3.05, 3.63) is 83.0 Å². The topological polar surface area (TPSA) is 63.2 Å². The molecule has 1 amide bonds. The van der Waals surface area contributed by atoms with Gasteiger partial charge >= 0.3 is 0 Å². The molecule has 138 valence electrons. The van der Waals surface area contributed by atoms with Crippen LogP contribution in [0.4, 0.5) is 11.5 Å². The quantitative estimate of drug-likeness (QED) is 0.616. The number of carbonyl (C=O) groups excluding carboxylic acids is 1. The number of ether oxygens (including phenoxy) is 1. The second-order valence-electron chi connectivity index (χ2n) is 5.82. The van der Waals surface area contributed by atoms with E-state index in [1.165, 1.54) is 0 Å². The van der Waals surface area contributed by atoms with Gasteiger partial charge in [0.15, 0.2) is 0 Å². The molecular formula is C21H20ClN3O2. The molecule has 2 N–H and O–H groups in total. The molecule has 2 aromatic carbocycles. The first-order valence-corrected chi connectivity index (χ1v) is 9.00. The summed E-state index contributed by atoms with van der Waals surface area (Å²) in [5.74, 6) is 1.31. The van der Waals surface area contributed by atoms with Crippen molar-refractivity contribution < 1.29 is 9.53 Å². The summed E-state index contributed by atoms with van der Waals surface area (Å²) in [6, 6.07) is 18.5. The van der Waals surface area contributed by atoms with Crippen molar-refractivity contribution in [1.29, 1.82) is 0 Å². The lowest BCUT2D eigenvalue weighted by Crippen LogP contribution is -2.22. The molecule has 0 fully saturated rings. The van der Waals surface area contributed by atoms with Crippen molar-refractivity contribution in [2.45, 2.75) is 13.5 Å². The van der Waals surface area contributed by atoms with Crippen molar-refractivity contribution in [3.8, 4) is 5.75 Å². The fourth-order valence-electron chi connectivity index (χ4n) is 2.44. The summed E-state index contributed by atoms with van der Waals surface area (Å²) >= 11 is 5.86. The molecule has 5 nitrogen and oxygen atoms in total. The fraction of sp³-hybridized carbons (Fsp3) is 0.143. The van der Waals surface area contributed by atoms with Gasteiger partial charge in [-0.1, -0.05) is 23.7 Å². The van der Waals surface area contributed by atoms with Gasteiger partial charge in [0, 0.05) is 23.5 Å². The van der Waals surface area contributed by atoms with Gasteiger partial charge < -0.3 is 15.4 Å². The smallest absolute Gasteiger partial charge is 0.253 e. The standard InChI is InChI=1S/C21H20ClN3O2/c1-2-27-19-10-8-18(9-11-19)25-20-12-5-16(14-23-20)21(26)24-13-15-3-6-17(22)7-4-15/h3-12,14H,2,13H2,1H3,(H,23,25)(H,24,26). The lowest BCUT2D eigenvalue weighted by atomic mass is 10.2. The fourth-order valence-corrected chi connectivity index (χ4v) is 2.56. The molecule has 0 aliphatic heterocycles. The Morgan fingerprint density at radius 1 is 1.04 bits per heavy atom. The molecule has 0 unspecified atom stereocenters. The van der Waals surface area contributed by atoms with Gasteiger partial charge in [-0.15, -0.1) is 0 Å². The number of halogens is 1. The number of rotatable bonds is 7. The average molecular weight is 382 g/mol. The van der Waals surface area contributed by atoms with Gasteiger partial charge in [-0.05, 0) is 61.0 Å². The van der Waals surface area contributed by atoms with Crippen molar-refractivity contribution in [1.82, 2.24) is 10.3 Å². The Morgan fingerprint density at radius 3 is 2.41 bits per heavy atom. The van der Waals surface area contributed by atoms with Crippen molar-refractivity contribution in [2.75, 3.05) is 11.9 Å². The highest BCUT2D eigenvalue weighted by atomic mass is 35.5. The van der Waals surface area contributed by atoms with Crippen molar-refractivity contribution in [2.24, 2.45) is 0 Å². The third-order valence-corrected chi connectivity index (χ3v) is 4.08. The van der Waals surface area contributed by atoms with Crippen LogP contribution in [0.1, 0.15) is 22.8 Å². The summed E-state index contributed by atoms with van der Waals surface area (Å²) in [4.78, 5) is 16.5.